The van der Waals surface area contributed by atoms with Gasteiger partial charge >= 0.3 is 5.97 Å². The zero-order valence-corrected chi connectivity index (χ0v) is 17.3. The van der Waals surface area contributed by atoms with E-state index in [1.807, 2.05) is 11.4 Å². The van der Waals surface area contributed by atoms with Gasteiger partial charge in [0.15, 0.2) is 5.13 Å². The summed E-state index contributed by atoms with van der Waals surface area (Å²) in [5.74, 6) is 1.73. The molecule has 3 atom stereocenters. The second kappa shape index (κ2) is 8.21. The van der Waals surface area contributed by atoms with Crippen molar-refractivity contribution >= 4 is 45.6 Å². The first-order valence-electron chi connectivity index (χ1n) is 9.66. The Morgan fingerprint density at radius 3 is 2.86 bits per heavy atom. The van der Waals surface area contributed by atoms with E-state index in [1.54, 1.807) is 18.2 Å². The zero-order valence-electron chi connectivity index (χ0n) is 15.8. The maximum atomic E-state index is 12.2. The van der Waals surface area contributed by atoms with E-state index in [9.17, 15) is 9.59 Å². The number of rotatable bonds is 6. The Hall–Kier alpha value is -1.92. The Labute approximate surface area is 173 Å². The molecule has 5 nitrogen and oxygen atoms in total. The molecule has 0 radical (unpaired) electrons. The van der Waals surface area contributed by atoms with Crippen molar-refractivity contribution in [2.75, 3.05) is 4.90 Å². The number of benzene rings is 1. The molecule has 2 aliphatic rings. The fourth-order valence-corrected chi connectivity index (χ4v) is 5.62. The van der Waals surface area contributed by atoms with Gasteiger partial charge in [-0.1, -0.05) is 24.1 Å². The van der Waals surface area contributed by atoms with Crippen LogP contribution in [-0.2, 0) is 20.9 Å². The van der Waals surface area contributed by atoms with Crippen LogP contribution in [0.3, 0.4) is 0 Å². The molecule has 1 amide bonds. The first-order chi connectivity index (χ1) is 13.5. The van der Waals surface area contributed by atoms with Crippen LogP contribution in [0.15, 0.2) is 29.6 Å². The number of esters is 1. The van der Waals surface area contributed by atoms with Crippen LogP contribution in [0.2, 0.25) is 5.02 Å². The van der Waals surface area contributed by atoms with Gasteiger partial charge in [-0.25, -0.2) is 4.98 Å². The van der Waals surface area contributed by atoms with Gasteiger partial charge in [-0.15, -0.1) is 11.3 Å². The fourth-order valence-electron chi connectivity index (χ4n) is 4.56. The van der Waals surface area contributed by atoms with Gasteiger partial charge in [-0.05, 0) is 55.2 Å². The second-order valence-electron chi connectivity index (χ2n) is 7.76. The molecule has 4 rings (SSSR count). The van der Waals surface area contributed by atoms with Gasteiger partial charge in [0.05, 0.1) is 11.4 Å². The molecule has 0 unspecified atom stereocenters. The number of fused-ring (bicyclic) bond motifs is 2. The number of halogens is 1. The summed E-state index contributed by atoms with van der Waals surface area (Å²) in [5, 5.41) is 2.91. The molecule has 2 fully saturated rings. The van der Waals surface area contributed by atoms with Crippen molar-refractivity contribution in [2.24, 2.45) is 17.8 Å². The van der Waals surface area contributed by atoms with Crippen molar-refractivity contribution in [3.63, 3.8) is 0 Å². The summed E-state index contributed by atoms with van der Waals surface area (Å²) in [6.45, 7) is 1.62. The largest absolute Gasteiger partial charge is 0.459 e. The number of carbonyl (C=O) groups excluding carboxylic acids is 2. The number of nitrogens with zero attached hydrogens (tertiary/aromatic N) is 2. The van der Waals surface area contributed by atoms with Crippen LogP contribution in [0.5, 0.6) is 0 Å². The summed E-state index contributed by atoms with van der Waals surface area (Å²) in [7, 11) is 0. The number of aromatic nitrogens is 1. The van der Waals surface area contributed by atoms with E-state index in [0.29, 0.717) is 39.8 Å². The van der Waals surface area contributed by atoms with Gasteiger partial charge in [0.25, 0.3) is 0 Å². The third kappa shape index (κ3) is 4.23. The number of ether oxygens (including phenoxy) is 1. The van der Waals surface area contributed by atoms with Crippen molar-refractivity contribution in [1.82, 2.24) is 4.98 Å². The molecule has 148 valence electrons. The minimum Gasteiger partial charge on any atom is -0.459 e. The van der Waals surface area contributed by atoms with Gasteiger partial charge in [0.1, 0.15) is 6.61 Å². The SMILES string of the molecule is CC(=O)N(c1cccc(Cl)c1)c1nc(COC(=O)C[C@@H]2C[C@H]3CC[C@@H]2C3)cs1. The Kier molecular flexibility index (Phi) is 5.69. The standard InChI is InChI=1S/C21H23ClN2O3S/c1-13(25)24(19-4-2-3-17(22)10-19)21-23-18(12-28-21)11-27-20(26)9-16-8-14-5-6-15(16)7-14/h2-4,10,12,14-16H,5-9,11H2,1H3/t14-,15+,16-/m0/s1. The summed E-state index contributed by atoms with van der Waals surface area (Å²) in [5.41, 5.74) is 1.31. The Bertz CT molecular complexity index is 884. The fraction of sp³-hybridized carbons (Fsp3) is 0.476. The number of anilines is 2. The number of thiazole rings is 1. The number of hydrogen-bond donors (Lipinski definition) is 0. The van der Waals surface area contributed by atoms with Gasteiger partial charge in [0.2, 0.25) is 5.91 Å². The molecule has 7 heteroatoms. The predicted molar refractivity (Wildman–Crippen MR) is 110 cm³/mol. The number of amides is 1. The molecule has 2 bridgehead atoms. The Balaban J connectivity index is 1.36. The van der Waals surface area contributed by atoms with Crippen molar-refractivity contribution in [3.8, 4) is 0 Å². The average molecular weight is 419 g/mol. The Morgan fingerprint density at radius 1 is 1.32 bits per heavy atom. The molecule has 1 heterocycles. The average Bonchev–Trinajstić information content (AvgIpc) is 3.37. The molecule has 1 aromatic carbocycles. The minimum atomic E-state index is -0.156. The van der Waals surface area contributed by atoms with Crippen molar-refractivity contribution < 1.29 is 14.3 Å². The smallest absolute Gasteiger partial charge is 0.306 e. The highest BCUT2D eigenvalue weighted by Gasteiger charge is 2.40. The van der Waals surface area contributed by atoms with E-state index < -0.39 is 0 Å². The Morgan fingerprint density at radius 2 is 2.18 bits per heavy atom. The second-order valence-corrected chi connectivity index (χ2v) is 9.03. The van der Waals surface area contributed by atoms with E-state index in [4.69, 9.17) is 16.3 Å². The molecular formula is C21H23ClN2O3S. The van der Waals surface area contributed by atoms with E-state index in [2.05, 4.69) is 4.98 Å². The zero-order chi connectivity index (χ0) is 19.7. The summed E-state index contributed by atoms with van der Waals surface area (Å²) in [6, 6.07) is 7.08. The van der Waals surface area contributed by atoms with Crippen LogP contribution in [0, 0.1) is 17.8 Å². The highest BCUT2D eigenvalue weighted by molar-refractivity contribution is 7.14. The molecule has 0 N–H and O–H groups in total. The first-order valence-corrected chi connectivity index (χ1v) is 10.9. The van der Waals surface area contributed by atoms with E-state index >= 15 is 0 Å². The van der Waals surface area contributed by atoms with Gasteiger partial charge in [-0.3, -0.25) is 14.5 Å². The lowest BCUT2D eigenvalue weighted by Crippen LogP contribution is -2.22. The molecule has 0 aliphatic heterocycles. The lowest BCUT2D eigenvalue weighted by molar-refractivity contribution is -0.146. The topological polar surface area (TPSA) is 59.5 Å². The van der Waals surface area contributed by atoms with Gasteiger partial charge in [0, 0.05) is 23.7 Å². The molecule has 1 aromatic heterocycles. The van der Waals surface area contributed by atoms with Crippen LogP contribution in [0.4, 0.5) is 10.8 Å². The molecule has 2 saturated carbocycles. The molecule has 28 heavy (non-hydrogen) atoms. The van der Waals surface area contributed by atoms with Gasteiger partial charge in [-0.2, -0.15) is 0 Å². The summed E-state index contributed by atoms with van der Waals surface area (Å²) in [4.78, 5) is 30.4. The van der Waals surface area contributed by atoms with E-state index in [0.717, 1.165) is 5.92 Å². The van der Waals surface area contributed by atoms with E-state index in [1.165, 1.54) is 48.8 Å². The van der Waals surface area contributed by atoms with Crippen LogP contribution < -0.4 is 4.90 Å². The van der Waals surface area contributed by atoms with E-state index in [-0.39, 0.29) is 18.5 Å². The quantitative estimate of drug-likeness (QED) is 0.593. The maximum absolute atomic E-state index is 12.2. The number of carbonyl (C=O) groups is 2. The maximum Gasteiger partial charge on any atom is 0.306 e. The summed E-state index contributed by atoms with van der Waals surface area (Å²) < 4.78 is 5.46. The monoisotopic (exact) mass is 418 g/mol. The third-order valence-corrected chi connectivity index (χ3v) is 6.92. The lowest BCUT2D eigenvalue weighted by Gasteiger charge is -2.20. The van der Waals surface area contributed by atoms with Gasteiger partial charge < -0.3 is 4.74 Å². The lowest BCUT2D eigenvalue weighted by atomic mass is 9.86. The molecular weight excluding hydrogens is 396 g/mol. The summed E-state index contributed by atoms with van der Waals surface area (Å²) >= 11 is 7.39. The van der Waals surface area contributed by atoms with Crippen LogP contribution >= 0.6 is 22.9 Å². The highest BCUT2D eigenvalue weighted by Crippen LogP contribution is 2.49. The molecule has 0 spiro atoms. The molecule has 2 aliphatic carbocycles. The van der Waals surface area contributed by atoms with Crippen molar-refractivity contribution in [2.45, 2.75) is 45.6 Å². The first kappa shape index (κ1) is 19.4. The minimum absolute atomic E-state index is 0.136. The van der Waals surface area contributed by atoms with Crippen molar-refractivity contribution in [3.05, 3.63) is 40.4 Å². The third-order valence-electron chi connectivity index (χ3n) is 5.81. The molecule has 2 aromatic rings. The van der Waals surface area contributed by atoms with Crippen LogP contribution in [-0.4, -0.2) is 16.9 Å². The summed E-state index contributed by atoms with van der Waals surface area (Å²) in [6.07, 6.45) is 5.57. The van der Waals surface area contributed by atoms with Crippen LogP contribution in [0.25, 0.3) is 0 Å². The predicted octanol–water partition coefficient (Wildman–Crippen LogP) is 5.35. The molecule has 0 saturated heterocycles. The number of hydrogen-bond acceptors (Lipinski definition) is 5. The van der Waals surface area contributed by atoms with Crippen molar-refractivity contribution in [1.29, 1.82) is 0 Å². The van der Waals surface area contributed by atoms with Crippen LogP contribution in [0.1, 0.15) is 44.7 Å². The highest BCUT2D eigenvalue weighted by atomic mass is 35.5. The normalized spacial score (nSPS) is 23.0.